The van der Waals surface area contributed by atoms with E-state index in [2.05, 4.69) is 25.7 Å². The van der Waals surface area contributed by atoms with E-state index >= 15 is 0 Å². The average Bonchev–Trinajstić information content (AvgIpc) is 3.03. The summed E-state index contributed by atoms with van der Waals surface area (Å²) in [5, 5.41) is 0. The molecule has 3 aromatic carbocycles. The number of aryl methyl sites for hydroxylation is 1. The highest BCUT2D eigenvalue weighted by atomic mass is 32.2. The van der Waals surface area contributed by atoms with Crippen LogP contribution in [0.15, 0.2) is 70.6 Å². The molecule has 0 bridgehead atoms. The summed E-state index contributed by atoms with van der Waals surface area (Å²) in [5.41, 5.74) is 3.70. The minimum atomic E-state index is -3.64. The molecule has 5 rings (SSSR count). The summed E-state index contributed by atoms with van der Waals surface area (Å²) < 4.78 is 40.6. The Hall–Kier alpha value is -3.36. The minimum absolute atomic E-state index is 0.0410. The van der Waals surface area contributed by atoms with Gasteiger partial charge in [0.05, 0.1) is 17.6 Å². The summed E-state index contributed by atoms with van der Waals surface area (Å²) in [7, 11) is -2.00. The Morgan fingerprint density at radius 3 is 2.37 bits per heavy atom. The maximum atomic E-state index is 13.6. The predicted octanol–water partition coefficient (Wildman–Crippen LogP) is 5.88. The molecule has 0 N–H and O–H groups in total. The standard InChI is InChI=1S/C30H35N3O4S/c1-20-7-13-26-28(17-20)37-27-14-10-23(36-6)18-25(27)29(31-26)32-15-16-33(21(2)19-32)38(34,35)24-11-8-22(9-12-24)30(3,4)5/h7-14,17-18,21H,15-16,19H2,1-6H3. The molecule has 3 aromatic rings. The molecule has 0 radical (unpaired) electrons. The second-order valence-electron chi connectivity index (χ2n) is 11.1. The summed E-state index contributed by atoms with van der Waals surface area (Å²) in [5.74, 6) is 2.84. The van der Waals surface area contributed by atoms with E-state index in [1.54, 1.807) is 23.5 Å². The van der Waals surface area contributed by atoms with E-state index < -0.39 is 10.0 Å². The molecule has 2 aliphatic rings. The summed E-state index contributed by atoms with van der Waals surface area (Å²) in [6.45, 7) is 11.7. The van der Waals surface area contributed by atoms with Crippen LogP contribution in [0.4, 0.5) is 5.69 Å². The van der Waals surface area contributed by atoms with Crippen LogP contribution in [0.1, 0.15) is 44.4 Å². The Morgan fingerprint density at radius 1 is 0.974 bits per heavy atom. The van der Waals surface area contributed by atoms with Gasteiger partial charge in [0.25, 0.3) is 0 Å². The quantitative estimate of drug-likeness (QED) is 0.420. The molecule has 2 aliphatic heterocycles. The molecule has 0 spiro atoms. The summed E-state index contributed by atoms with van der Waals surface area (Å²) >= 11 is 0. The molecular formula is C30H35N3O4S. The Bertz CT molecular complexity index is 1490. The fourth-order valence-electron chi connectivity index (χ4n) is 4.98. The molecule has 200 valence electrons. The third-order valence-electron chi connectivity index (χ3n) is 7.18. The van der Waals surface area contributed by atoms with Crippen molar-refractivity contribution >= 4 is 21.5 Å². The van der Waals surface area contributed by atoms with Crippen LogP contribution in [0.2, 0.25) is 0 Å². The summed E-state index contributed by atoms with van der Waals surface area (Å²) in [4.78, 5) is 7.50. The number of ether oxygens (including phenoxy) is 2. The van der Waals surface area contributed by atoms with Crippen molar-refractivity contribution in [2.24, 2.45) is 4.99 Å². The van der Waals surface area contributed by atoms with E-state index in [4.69, 9.17) is 14.5 Å². The molecule has 1 unspecified atom stereocenters. The van der Waals surface area contributed by atoms with Gasteiger partial charge in [-0.3, -0.25) is 0 Å². The first-order valence-electron chi connectivity index (χ1n) is 12.9. The SMILES string of the molecule is COc1ccc2c(c1)C(N1CCN(S(=O)(=O)c3ccc(C(C)(C)C)cc3)C(C)C1)=Nc1ccc(C)cc1O2. The Kier molecular flexibility index (Phi) is 6.73. The van der Waals surface area contributed by atoms with Gasteiger partial charge in [0.2, 0.25) is 10.0 Å². The van der Waals surface area contributed by atoms with Gasteiger partial charge in [-0.05, 0) is 72.9 Å². The van der Waals surface area contributed by atoms with Crippen molar-refractivity contribution in [3.05, 3.63) is 77.4 Å². The summed E-state index contributed by atoms with van der Waals surface area (Å²) in [6, 6.07) is 18.7. The Labute approximate surface area is 225 Å². The lowest BCUT2D eigenvalue weighted by Crippen LogP contribution is -2.55. The van der Waals surface area contributed by atoms with Gasteiger partial charge in [0.15, 0.2) is 5.75 Å². The Balaban J connectivity index is 1.46. The fraction of sp³-hybridized carbons (Fsp3) is 0.367. The van der Waals surface area contributed by atoms with E-state index in [1.807, 2.05) is 62.4 Å². The minimum Gasteiger partial charge on any atom is -0.497 e. The van der Waals surface area contributed by atoms with Gasteiger partial charge in [-0.15, -0.1) is 0 Å². The zero-order chi connectivity index (χ0) is 27.2. The maximum Gasteiger partial charge on any atom is 0.243 e. The molecule has 7 nitrogen and oxygen atoms in total. The molecule has 0 saturated carbocycles. The largest absolute Gasteiger partial charge is 0.497 e. The van der Waals surface area contributed by atoms with E-state index in [9.17, 15) is 8.42 Å². The topological polar surface area (TPSA) is 71.4 Å². The number of hydrogen-bond acceptors (Lipinski definition) is 6. The first-order chi connectivity index (χ1) is 18.0. The zero-order valence-corrected chi connectivity index (χ0v) is 23.7. The van der Waals surface area contributed by atoms with Gasteiger partial charge in [0.1, 0.15) is 23.0 Å². The van der Waals surface area contributed by atoms with Crippen LogP contribution < -0.4 is 9.47 Å². The predicted molar refractivity (Wildman–Crippen MR) is 151 cm³/mol. The first-order valence-corrected chi connectivity index (χ1v) is 14.3. The third-order valence-corrected chi connectivity index (χ3v) is 9.21. The number of amidine groups is 1. The highest BCUT2D eigenvalue weighted by Gasteiger charge is 2.36. The molecule has 8 heteroatoms. The van der Waals surface area contributed by atoms with Crippen molar-refractivity contribution in [1.82, 2.24) is 9.21 Å². The van der Waals surface area contributed by atoms with Crippen molar-refractivity contribution in [2.45, 2.75) is 51.0 Å². The van der Waals surface area contributed by atoms with Crippen LogP contribution in [0.3, 0.4) is 0 Å². The number of hydrogen-bond donors (Lipinski definition) is 0. The molecule has 1 atom stereocenters. The lowest BCUT2D eigenvalue weighted by atomic mass is 9.87. The van der Waals surface area contributed by atoms with E-state index in [-0.39, 0.29) is 11.5 Å². The van der Waals surface area contributed by atoms with Gasteiger partial charge in [-0.2, -0.15) is 4.31 Å². The molecule has 0 amide bonds. The van der Waals surface area contributed by atoms with E-state index in [0.717, 1.165) is 28.2 Å². The van der Waals surface area contributed by atoms with Gasteiger partial charge in [-0.25, -0.2) is 13.4 Å². The number of rotatable bonds is 3. The first kappa shape index (κ1) is 26.3. The third kappa shape index (κ3) is 4.90. The lowest BCUT2D eigenvalue weighted by molar-refractivity contribution is 0.205. The molecule has 0 aliphatic carbocycles. The van der Waals surface area contributed by atoms with Gasteiger partial charge in [-0.1, -0.05) is 39.0 Å². The maximum absolute atomic E-state index is 13.6. The summed E-state index contributed by atoms with van der Waals surface area (Å²) in [6.07, 6.45) is 0. The number of fused-ring (bicyclic) bond motifs is 2. The van der Waals surface area contributed by atoms with Gasteiger partial charge in [0, 0.05) is 25.7 Å². The van der Waals surface area contributed by atoms with Gasteiger partial charge >= 0.3 is 0 Å². The number of sulfonamides is 1. The van der Waals surface area contributed by atoms with Crippen molar-refractivity contribution in [3.63, 3.8) is 0 Å². The fourth-order valence-corrected chi connectivity index (χ4v) is 6.60. The number of methoxy groups -OCH3 is 1. The Morgan fingerprint density at radius 2 is 1.71 bits per heavy atom. The van der Waals surface area contributed by atoms with Crippen molar-refractivity contribution in [1.29, 1.82) is 0 Å². The second-order valence-corrected chi connectivity index (χ2v) is 12.9. The second kappa shape index (κ2) is 9.75. The molecule has 0 aromatic heterocycles. The number of piperazine rings is 1. The number of aliphatic imine (C=N–C) groups is 1. The van der Waals surface area contributed by atoms with Crippen LogP contribution in [-0.4, -0.2) is 56.2 Å². The van der Waals surface area contributed by atoms with Crippen LogP contribution >= 0.6 is 0 Å². The number of nitrogens with zero attached hydrogens (tertiary/aromatic N) is 3. The van der Waals surface area contributed by atoms with Crippen LogP contribution in [0.5, 0.6) is 17.2 Å². The smallest absolute Gasteiger partial charge is 0.243 e. The van der Waals surface area contributed by atoms with E-state index in [0.29, 0.717) is 41.8 Å². The van der Waals surface area contributed by atoms with Crippen molar-refractivity contribution < 1.29 is 17.9 Å². The normalized spacial score (nSPS) is 18.1. The highest BCUT2D eigenvalue weighted by Crippen LogP contribution is 2.40. The molecule has 2 heterocycles. The zero-order valence-electron chi connectivity index (χ0n) is 22.9. The highest BCUT2D eigenvalue weighted by molar-refractivity contribution is 7.89. The van der Waals surface area contributed by atoms with E-state index in [1.165, 1.54) is 0 Å². The average molecular weight is 534 g/mol. The lowest BCUT2D eigenvalue weighted by Gasteiger charge is -2.40. The van der Waals surface area contributed by atoms with Crippen molar-refractivity contribution in [3.8, 4) is 17.2 Å². The molecule has 38 heavy (non-hydrogen) atoms. The van der Waals surface area contributed by atoms with Gasteiger partial charge < -0.3 is 14.4 Å². The van der Waals surface area contributed by atoms with Crippen molar-refractivity contribution in [2.75, 3.05) is 26.7 Å². The molecule has 1 saturated heterocycles. The number of benzene rings is 3. The monoisotopic (exact) mass is 533 g/mol. The van der Waals surface area contributed by atoms with Crippen LogP contribution in [0.25, 0.3) is 0 Å². The van der Waals surface area contributed by atoms with Crippen LogP contribution in [0, 0.1) is 6.92 Å². The molecule has 1 fully saturated rings. The van der Waals surface area contributed by atoms with Crippen LogP contribution in [-0.2, 0) is 15.4 Å². The molecular weight excluding hydrogens is 498 g/mol.